The van der Waals surface area contributed by atoms with Gasteiger partial charge in [0.1, 0.15) is 12.4 Å². The molecule has 1 aromatic heterocycles. The zero-order chi connectivity index (χ0) is 19.8. The van der Waals surface area contributed by atoms with Crippen molar-refractivity contribution < 1.29 is 18.8 Å². The minimum atomic E-state index is -0.708. The van der Waals surface area contributed by atoms with Crippen molar-refractivity contribution in [3.8, 4) is 0 Å². The van der Waals surface area contributed by atoms with Crippen LogP contribution in [0.15, 0.2) is 48.5 Å². The summed E-state index contributed by atoms with van der Waals surface area (Å²) in [5, 5.41) is 0.683. The second-order valence-corrected chi connectivity index (χ2v) is 6.75. The number of aryl methyl sites for hydroxylation is 1. The largest absolute Gasteiger partial charge is 0.358 e. The number of carbonyl (C=O) groups excluding carboxylic acids is 3. The summed E-state index contributed by atoms with van der Waals surface area (Å²) in [5.74, 6) is -2.13. The molecule has 1 aliphatic heterocycles. The van der Waals surface area contributed by atoms with Gasteiger partial charge >= 0.3 is 0 Å². The van der Waals surface area contributed by atoms with Crippen molar-refractivity contribution in [3.63, 3.8) is 0 Å². The van der Waals surface area contributed by atoms with Gasteiger partial charge in [-0.3, -0.25) is 14.4 Å². The molecule has 4 rings (SSSR count). The number of fused-ring (bicyclic) bond motifs is 1. The second kappa shape index (κ2) is 6.92. The number of nitrogens with zero attached hydrogens (tertiary/aromatic N) is 2. The van der Waals surface area contributed by atoms with Crippen LogP contribution in [0.1, 0.15) is 16.1 Å². The number of amides is 2. The molecule has 3 aromatic rings. The monoisotopic (exact) mass is 379 g/mol. The van der Waals surface area contributed by atoms with Gasteiger partial charge in [-0.25, -0.2) is 4.39 Å². The SMILES string of the molecule is Cc1[nH]c2ccccc2c1C(=O)C(=O)N1CCN(c2cccc(F)c2)C(=O)C1. The van der Waals surface area contributed by atoms with Gasteiger partial charge < -0.3 is 14.8 Å². The number of aromatic amines is 1. The molecule has 142 valence electrons. The van der Waals surface area contributed by atoms with Gasteiger partial charge in [0.25, 0.3) is 11.7 Å². The van der Waals surface area contributed by atoms with Crippen molar-refractivity contribution in [1.29, 1.82) is 0 Å². The van der Waals surface area contributed by atoms with Crippen molar-refractivity contribution in [2.45, 2.75) is 6.92 Å². The van der Waals surface area contributed by atoms with Gasteiger partial charge in [0.05, 0.1) is 5.56 Å². The second-order valence-electron chi connectivity index (χ2n) is 6.75. The highest BCUT2D eigenvalue weighted by Gasteiger charge is 2.33. The molecule has 2 aromatic carbocycles. The maximum Gasteiger partial charge on any atom is 0.295 e. The minimum Gasteiger partial charge on any atom is -0.358 e. The number of hydrogen-bond acceptors (Lipinski definition) is 3. The lowest BCUT2D eigenvalue weighted by Gasteiger charge is -2.34. The molecule has 2 heterocycles. The Hall–Kier alpha value is -3.48. The summed E-state index contributed by atoms with van der Waals surface area (Å²) in [6, 6.07) is 13.0. The number of para-hydroxylation sites is 1. The number of aromatic nitrogens is 1. The standard InChI is InChI=1S/C21H18FN3O3/c1-13-19(16-7-2-3-8-17(16)23-13)20(27)21(28)24-9-10-25(18(26)12-24)15-6-4-5-14(22)11-15/h2-8,11,23H,9-10,12H2,1H3. The van der Waals surface area contributed by atoms with Crippen LogP contribution in [0.5, 0.6) is 0 Å². The summed E-state index contributed by atoms with van der Waals surface area (Å²) in [6.45, 7) is 1.93. The Bertz CT molecular complexity index is 1110. The van der Waals surface area contributed by atoms with Crippen molar-refractivity contribution in [2.24, 2.45) is 0 Å². The molecule has 6 nitrogen and oxygen atoms in total. The summed E-state index contributed by atoms with van der Waals surface area (Å²) in [6.07, 6.45) is 0. The minimum absolute atomic E-state index is 0.203. The van der Waals surface area contributed by atoms with Crippen molar-refractivity contribution in [2.75, 3.05) is 24.5 Å². The van der Waals surface area contributed by atoms with E-state index in [4.69, 9.17) is 0 Å². The molecule has 0 unspecified atom stereocenters. The van der Waals surface area contributed by atoms with E-state index in [0.717, 1.165) is 5.52 Å². The van der Waals surface area contributed by atoms with E-state index in [1.54, 1.807) is 25.1 Å². The number of rotatable bonds is 3. The highest BCUT2D eigenvalue weighted by Crippen LogP contribution is 2.24. The summed E-state index contributed by atoms with van der Waals surface area (Å²) in [5.41, 5.74) is 2.17. The molecule has 1 fully saturated rings. The third kappa shape index (κ3) is 3.05. The Kier molecular flexibility index (Phi) is 4.43. The molecule has 28 heavy (non-hydrogen) atoms. The summed E-state index contributed by atoms with van der Waals surface area (Å²) in [4.78, 5) is 43.9. The number of H-pyrrole nitrogens is 1. The first-order valence-corrected chi connectivity index (χ1v) is 8.92. The van der Waals surface area contributed by atoms with Gasteiger partial charge in [-0.1, -0.05) is 24.3 Å². The predicted octanol–water partition coefficient (Wildman–Crippen LogP) is 2.67. The zero-order valence-corrected chi connectivity index (χ0v) is 15.2. The lowest BCUT2D eigenvalue weighted by molar-refractivity contribution is -0.133. The number of Topliss-reactive ketones (excluding diaryl/α,β-unsaturated/α-hetero) is 1. The molecule has 2 amide bonds. The molecule has 7 heteroatoms. The third-order valence-electron chi connectivity index (χ3n) is 4.94. The lowest BCUT2D eigenvalue weighted by atomic mass is 10.1. The maximum atomic E-state index is 13.4. The van der Waals surface area contributed by atoms with E-state index < -0.39 is 17.5 Å². The van der Waals surface area contributed by atoms with Gasteiger partial charge in [-0.05, 0) is 31.2 Å². The molecule has 0 spiro atoms. The maximum absolute atomic E-state index is 13.4. The van der Waals surface area contributed by atoms with E-state index in [0.29, 0.717) is 22.3 Å². The zero-order valence-electron chi connectivity index (χ0n) is 15.2. The van der Waals surface area contributed by atoms with Crippen LogP contribution < -0.4 is 4.90 Å². The smallest absolute Gasteiger partial charge is 0.295 e. The topological polar surface area (TPSA) is 73.5 Å². The fraction of sp³-hybridized carbons (Fsp3) is 0.190. The number of benzene rings is 2. The average molecular weight is 379 g/mol. The first kappa shape index (κ1) is 17.9. The number of nitrogens with one attached hydrogen (secondary N) is 1. The summed E-state index contributed by atoms with van der Waals surface area (Å²) >= 11 is 0. The predicted molar refractivity (Wildman–Crippen MR) is 103 cm³/mol. The van der Waals surface area contributed by atoms with Crippen LogP contribution in [0.2, 0.25) is 0 Å². The average Bonchev–Trinajstić information content (AvgIpc) is 3.02. The van der Waals surface area contributed by atoms with Crippen molar-refractivity contribution in [1.82, 2.24) is 9.88 Å². The van der Waals surface area contributed by atoms with Crippen LogP contribution in [-0.2, 0) is 9.59 Å². The van der Waals surface area contributed by atoms with E-state index in [1.165, 1.54) is 28.0 Å². The molecule has 1 aliphatic rings. The third-order valence-corrected chi connectivity index (χ3v) is 4.94. The molecule has 1 N–H and O–H groups in total. The highest BCUT2D eigenvalue weighted by atomic mass is 19.1. The molecule has 0 radical (unpaired) electrons. The Morgan fingerprint density at radius 1 is 1.07 bits per heavy atom. The molecule has 0 aliphatic carbocycles. The van der Waals surface area contributed by atoms with Crippen LogP contribution in [-0.4, -0.2) is 47.1 Å². The van der Waals surface area contributed by atoms with Crippen LogP contribution in [0.4, 0.5) is 10.1 Å². The highest BCUT2D eigenvalue weighted by molar-refractivity contribution is 6.45. The van der Waals surface area contributed by atoms with Crippen LogP contribution in [0.3, 0.4) is 0 Å². The van der Waals surface area contributed by atoms with Crippen molar-refractivity contribution in [3.05, 3.63) is 65.6 Å². The van der Waals surface area contributed by atoms with Gasteiger partial charge in [-0.2, -0.15) is 0 Å². The van der Waals surface area contributed by atoms with Gasteiger partial charge in [-0.15, -0.1) is 0 Å². The molecule has 0 bridgehead atoms. The van der Waals surface area contributed by atoms with Crippen LogP contribution in [0.25, 0.3) is 10.9 Å². The molecule has 1 saturated heterocycles. The fourth-order valence-corrected chi connectivity index (χ4v) is 3.58. The number of piperazine rings is 1. The normalized spacial score (nSPS) is 14.6. The van der Waals surface area contributed by atoms with Crippen LogP contribution >= 0.6 is 0 Å². The number of anilines is 1. The molecule has 0 atom stereocenters. The molecule has 0 saturated carbocycles. The Morgan fingerprint density at radius 3 is 2.61 bits per heavy atom. The van der Waals surface area contributed by atoms with Gasteiger partial charge in [0, 0.05) is 35.4 Å². The Labute approximate surface area is 160 Å². The number of ketones is 1. The van der Waals surface area contributed by atoms with E-state index in [1.807, 2.05) is 12.1 Å². The lowest BCUT2D eigenvalue weighted by Crippen LogP contribution is -2.54. The first-order chi connectivity index (χ1) is 13.5. The molecular formula is C21H18FN3O3. The van der Waals surface area contributed by atoms with E-state index in [-0.39, 0.29) is 25.5 Å². The van der Waals surface area contributed by atoms with Crippen molar-refractivity contribution >= 4 is 34.2 Å². The molecular weight excluding hydrogens is 361 g/mol. The number of carbonyl (C=O) groups is 3. The first-order valence-electron chi connectivity index (χ1n) is 8.92. The van der Waals surface area contributed by atoms with Gasteiger partial charge in [0.2, 0.25) is 5.91 Å². The number of halogens is 1. The summed E-state index contributed by atoms with van der Waals surface area (Å²) in [7, 11) is 0. The van der Waals surface area contributed by atoms with Gasteiger partial charge in [0.15, 0.2) is 0 Å². The number of hydrogen-bond donors (Lipinski definition) is 1. The fourth-order valence-electron chi connectivity index (χ4n) is 3.58. The summed E-state index contributed by atoms with van der Waals surface area (Å²) < 4.78 is 13.4. The quantitative estimate of drug-likeness (QED) is 0.562. The van der Waals surface area contributed by atoms with E-state index in [9.17, 15) is 18.8 Å². The van der Waals surface area contributed by atoms with E-state index in [2.05, 4.69) is 4.98 Å². The Balaban J connectivity index is 1.54. The van der Waals surface area contributed by atoms with Crippen LogP contribution in [0, 0.1) is 12.7 Å². The van der Waals surface area contributed by atoms with E-state index >= 15 is 0 Å². The Morgan fingerprint density at radius 2 is 1.86 bits per heavy atom.